The van der Waals surface area contributed by atoms with Gasteiger partial charge in [0, 0.05) is 21.5 Å². The van der Waals surface area contributed by atoms with Crippen molar-refractivity contribution in [2.75, 3.05) is 5.32 Å². The molecule has 5 nitrogen and oxygen atoms in total. The quantitative estimate of drug-likeness (QED) is 0.303. The number of hydrogen-bond acceptors (Lipinski definition) is 6. The lowest BCUT2D eigenvalue weighted by molar-refractivity contribution is -0.115. The Balaban J connectivity index is 1.47. The van der Waals surface area contributed by atoms with Crippen molar-refractivity contribution in [3.8, 4) is 28.6 Å². The molecule has 1 N–H and O–H groups in total. The number of nitrogens with zero attached hydrogens (tertiary/aromatic N) is 3. The van der Waals surface area contributed by atoms with E-state index < -0.39 is 5.25 Å². The average Bonchev–Trinajstić information content (AvgIpc) is 3.28. The third kappa shape index (κ3) is 5.57. The molecule has 4 rings (SSSR count). The highest BCUT2D eigenvalue weighted by atomic mass is 35.5. The van der Waals surface area contributed by atoms with Gasteiger partial charge in [-0.05, 0) is 55.5 Å². The van der Waals surface area contributed by atoms with Gasteiger partial charge in [-0.25, -0.2) is 14.4 Å². The molecule has 1 unspecified atom stereocenters. The van der Waals surface area contributed by atoms with Crippen molar-refractivity contribution >= 4 is 45.7 Å². The first-order valence-electron chi connectivity index (χ1n) is 9.79. The molecule has 0 saturated heterocycles. The van der Waals surface area contributed by atoms with Gasteiger partial charge in [-0.2, -0.15) is 5.26 Å². The van der Waals surface area contributed by atoms with Crippen molar-refractivity contribution in [1.29, 1.82) is 5.26 Å². The van der Waals surface area contributed by atoms with Gasteiger partial charge in [0.1, 0.15) is 16.9 Å². The van der Waals surface area contributed by atoms with Gasteiger partial charge in [0.05, 0.1) is 22.2 Å². The molecule has 2 aromatic heterocycles. The molecule has 164 valence electrons. The molecular formula is C24H16ClFN4OS2. The van der Waals surface area contributed by atoms with Gasteiger partial charge in [0.25, 0.3) is 0 Å². The van der Waals surface area contributed by atoms with E-state index in [-0.39, 0.29) is 11.7 Å². The summed E-state index contributed by atoms with van der Waals surface area (Å²) in [5, 5.41) is 15.1. The number of halogens is 2. The number of nitriles is 1. The number of rotatable bonds is 6. The smallest absolute Gasteiger partial charge is 0.239 e. The second-order valence-corrected chi connectivity index (χ2v) is 9.59. The fourth-order valence-electron chi connectivity index (χ4n) is 2.91. The van der Waals surface area contributed by atoms with Crippen LogP contribution in [0.4, 0.5) is 9.52 Å². The van der Waals surface area contributed by atoms with E-state index in [4.69, 9.17) is 11.6 Å². The molecule has 9 heteroatoms. The van der Waals surface area contributed by atoms with Crippen LogP contribution in [0.5, 0.6) is 0 Å². The summed E-state index contributed by atoms with van der Waals surface area (Å²) in [5.74, 6) is -0.582. The predicted molar refractivity (Wildman–Crippen MR) is 131 cm³/mol. The minimum Gasteiger partial charge on any atom is -0.301 e. The molecule has 0 fully saturated rings. The highest BCUT2D eigenvalue weighted by Crippen LogP contribution is 2.30. The largest absolute Gasteiger partial charge is 0.301 e. The molecule has 0 saturated carbocycles. The number of amides is 1. The Morgan fingerprint density at radius 2 is 1.73 bits per heavy atom. The summed E-state index contributed by atoms with van der Waals surface area (Å²) in [5.41, 5.74) is 3.35. The SMILES string of the molecule is CC(Sc1nc(-c2ccc(Cl)cc2)ccc1C#N)C(=O)Nc1nc(-c2ccc(F)cc2)cs1. The lowest BCUT2D eigenvalue weighted by atomic mass is 10.1. The van der Waals surface area contributed by atoms with E-state index in [2.05, 4.69) is 21.4 Å². The Hall–Kier alpha value is -3.25. The number of thioether (sulfide) groups is 1. The molecule has 1 atom stereocenters. The number of carbonyl (C=O) groups excluding carboxylic acids is 1. The number of aromatic nitrogens is 2. The number of pyridine rings is 1. The number of anilines is 1. The summed E-state index contributed by atoms with van der Waals surface area (Å²) >= 11 is 8.45. The third-order valence-electron chi connectivity index (χ3n) is 4.65. The van der Waals surface area contributed by atoms with E-state index in [1.807, 2.05) is 12.1 Å². The van der Waals surface area contributed by atoms with Crippen LogP contribution < -0.4 is 5.32 Å². The maximum Gasteiger partial charge on any atom is 0.239 e. The van der Waals surface area contributed by atoms with Crippen LogP contribution in [-0.4, -0.2) is 21.1 Å². The number of nitrogens with one attached hydrogen (secondary N) is 1. The molecule has 0 aliphatic carbocycles. The van der Waals surface area contributed by atoms with Crippen LogP contribution in [0, 0.1) is 17.1 Å². The third-order valence-corrected chi connectivity index (χ3v) is 6.76. The van der Waals surface area contributed by atoms with Gasteiger partial charge in [-0.3, -0.25) is 4.79 Å². The minimum absolute atomic E-state index is 0.261. The lowest BCUT2D eigenvalue weighted by Crippen LogP contribution is -2.22. The molecule has 0 aliphatic heterocycles. The van der Waals surface area contributed by atoms with Gasteiger partial charge in [-0.15, -0.1) is 11.3 Å². The number of carbonyl (C=O) groups is 1. The van der Waals surface area contributed by atoms with Crippen LogP contribution in [0.1, 0.15) is 12.5 Å². The Kier molecular flexibility index (Phi) is 7.04. The fraction of sp³-hybridized carbons (Fsp3) is 0.0833. The van der Waals surface area contributed by atoms with Crippen LogP contribution in [-0.2, 0) is 4.79 Å². The first-order chi connectivity index (χ1) is 15.9. The molecule has 4 aromatic rings. The van der Waals surface area contributed by atoms with Crippen molar-refractivity contribution < 1.29 is 9.18 Å². The van der Waals surface area contributed by atoms with Crippen molar-refractivity contribution in [1.82, 2.24) is 9.97 Å². The maximum absolute atomic E-state index is 13.1. The molecule has 0 radical (unpaired) electrons. The Bertz CT molecular complexity index is 1330. The first-order valence-corrected chi connectivity index (χ1v) is 11.9. The van der Waals surface area contributed by atoms with E-state index in [1.165, 1.54) is 35.2 Å². The van der Waals surface area contributed by atoms with Gasteiger partial charge >= 0.3 is 0 Å². The Labute approximate surface area is 203 Å². The second-order valence-electron chi connectivity index (χ2n) is 6.96. The molecule has 33 heavy (non-hydrogen) atoms. The van der Waals surface area contributed by atoms with Crippen molar-refractivity contribution in [2.45, 2.75) is 17.2 Å². The number of benzene rings is 2. The van der Waals surface area contributed by atoms with E-state index in [0.29, 0.717) is 32.1 Å². The summed E-state index contributed by atoms with van der Waals surface area (Å²) in [6, 6.07) is 18.8. The van der Waals surface area contributed by atoms with Crippen LogP contribution >= 0.6 is 34.7 Å². The van der Waals surface area contributed by atoms with Crippen LogP contribution in [0.25, 0.3) is 22.5 Å². The predicted octanol–water partition coefficient (Wildman–Crippen LogP) is 6.66. The van der Waals surface area contributed by atoms with Crippen LogP contribution in [0.2, 0.25) is 5.02 Å². The van der Waals surface area contributed by atoms with Crippen LogP contribution in [0.15, 0.2) is 71.1 Å². The molecule has 0 spiro atoms. The Morgan fingerprint density at radius 1 is 1.06 bits per heavy atom. The minimum atomic E-state index is -0.525. The monoisotopic (exact) mass is 494 g/mol. The molecule has 2 heterocycles. The summed E-state index contributed by atoms with van der Waals surface area (Å²) < 4.78 is 13.1. The lowest BCUT2D eigenvalue weighted by Gasteiger charge is -2.12. The van der Waals surface area contributed by atoms with Gasteiger partial charge in [0.2, 0.25) is 5.91 Å². The average molecular weight is 495 g/mol. The van der Waals surface area contributed by atoms with Crippen molar-refractivity contribution in [3.63, 3.8) is 0 Å². The molecule has 0 aliphatic rings. The number of thiazole rings is 1. The van der Waals surface area contributed by atoms with E-state index in [1.54, 1.807) is 48.7 Å². The zero-order valence-corrected chi connectivity index (χ0v) is 19.6. The summed E-state index contributed by atoms with van der Waals surface area (Å²) in [7, 11) is 0. The molecule has 1 amide bonds. The highest BCUT2D eigenvalue weighted by Gasteiger charge is 2.19. The highest BCUT2D eigenvalue weighted by molar-refractivity contribution is 8.00. The maximum atomic E-state index is 13.1. The van der Waals surface area contributed by atoms with Gasteiger partial charge < -0.3 is 5.32 Å². The first kappa shape index (κ1) is 22.9. The summed E-state index contributed by atoms with van der Waals surface area (Å²) in [6.45, 7) is 1.74. The summed E-state index contributed by atoms with van der Waals surface area (Å²) in [4.78, 5) is 21.8. The van der Waals surface area contributed by atoms with E-state index >= 15 is 0 Å². The van der Waals surface area contributed by atoms with Gasteiger partial charge in [-0.1, -0.05) is 35.5 Å². The molecule has 0 bridgehead atoms. The van der Waals surface area contributed by atoms with E-state index in [0.717, 1.165) is 11.1 Å². The normalized spacial score (nSPS) is 11.6. The zero-order chi connectivity index (χ0) is 23.4. The van der Waals surface area contributed by atoms with Crippen molar-refractivity contribution in [2.24, 2.45) is 0 Å². The Morgan fingerprint density at radius 3 is 2.42 bits per heavy atom. The van der Waals surface area contributed by atoms with Crippen LogP contribution in [0.3, 0.4) is 0 Å². The zero-order valence-electron chi connectivity index (χ0n) is 17.3. The second kappa shape index (κ2) is 10.1. The molecule has 2 aromatic carbocycles. The fourth-order valence-corrected chi connectivity index (χ4v) is 4.65. The summed E-state index contributed by atoms with van der Waals surface area (Å²) in [6.07, 6.45) is 0. The number of hydrogen-bond donors (Lipinski definition) is 1. The topological polar surface area (TPSA) is 78.7 Å². The van der Waals surface area contributed by atoms with E-state index in [9.17, 15) is 14.4 Å². The standard InChI is InChI=1S/C24H16ClFN4OS2/c1-14(22(31)30-24-29-21(13-32-24)16-4-9-19(26)10-5-16)33-23-17(12-27)6-11-20(28-23)15-2-7-18(25)8-3-15/h2-11,13-14H,1H3,(H,29,30,31). The van der Waals surface area contributed by atoms with Gasteiger partial charge in [0.15, 0.2) is 5.13 Å². The molecular weight excluding hydrogens is 479 g/mol. The van der Waals surface area contributed by atoms with Crippen molar-refractivity contribution in [3.05, 3.63) is 82.4 Å².